The number of carbonyl (C=O) groups excluding carboxylic acids is 1. The van der Waals surface area contributed by atoms with Crippen LogP contribution in [-0.2, 0) is 6.18 Å². The predicted octanol–water partition coefficient (Wildman–Crippen LogP) is 3.59. The third-order valence-electron chi connectivity index (χ3n) is 5.00. The van der Waals surface area contributed by atoms with Crippen molar-refractivity contribution < 1.29 is 18.0 Å². The number of hydrogen-bond acceptors (Lipinski definition) is 4. The van der Waals surface area contributed by atoms with Crippen LogP contribution in [0.3, 0.4) is 0 Å². The van der Waals surface area contributed by atoms with Crippen LogP contribution in [0, 0.1) is 6.92 Å². The highest BCUT2D eigenvalue weighted by Gasteiger charge is 2.30. The van der Waals surface area contributed by atoms with Gasteiger partial charge in [0.15, 0.2) is 5.69 Å². The van der Waals surface area contributed by atoms with E-state index in [4.69, 9.17) is 0 Å². The standard InChI is InChI=1S/C23H23F3N4O2/c1-15-12-20(31)21(28-30(15)18-11-7-10-17(13-18)23(24,25)26)22(32)27-14-19(29(2)3)16-8-5-4-6-9-16/h4-13,19H,14H2,1-3H3,(H,27,32)/t19-/m1/s1. The smallest absolute Gasteiger partial charge is 0.349 e. The molecule has 1 aromatic heterocycles. The van der Waals surface area contributed by atoms with Crippen molar-refractivity contribution in [1.82, 2.24) is 20.0 Å². The quantitative estimate of drug-likeness (QED) is 0.631. The lowest BCUT2D eigenvalue weighted by Crippen LogP contribution is -2.37. The van der Waals surface area contributed by atoms with Gasteiger partial charge < -0.3 is 10.2 Å². The van der Waals surface area contributed by atoms with Crippen molar-refractivity contribution in [2.75, 3.05) is 20.6 Å². The van der Waals surface area contributed by atoms with Crippen molar-refractivity contribution in [2.24, 2.45) is 0 Å². The average molecular weight is 444 g/mol. The van der Waals surface area contributed by atoms with E-state index in [1.165, 1.54) is 25.1 Å². The number of nitrogens with one attached hydrogen (secondary N) is 1. The van der Waals surface area contributed by atoms with Crippen LogP contribution < -0.4 is 10.7 Å². The number of likely N-dealkylation sites (N-methyl/N-ethyl adjacent to an activating group) is 1. The first kappa shape index (κ1) is 23.2. The Labute approximate surface area is 183 Å². The van der Waals surface area contributed by atoms with E-state index in [-0.39, 0.29) is 18.3 Å². The number of amides is 1. The van der Waals surface area contributed by atoms with Gasteiger partial charge >= 0.3 is 6.18 Å². The molecule has 0 fully saturated rings. The molecule has 1 atom stereocenters. The molecule has 0 aliphatic heterocycles. The second kappa shape index (κ2) is 9.35. The maximum Gasteiger partial charge on any atom is 0.416 e. The van der Waals surface area contributed by atoms with Gasteiger partial charge in [-0.15, -0.1) is 0 Å². The van der Waals surface area contributed by atoms with Gasteiger partial charge in [-0.05, 0) is 44.8 Å². The summed E-state index contributed by atoms with van der Waals surface area (Å²) in [5.74, 6) is -0.696. The zero-order valence-electron chi connectivity index (χ0n) is 17.8. The van der Waals surface area contributed by atoms with Gasteiger partial charge in [0.25, 0.3) is 5.91 Å². The Kier molecular flexibility index (Phi) is 6.78. The fourth-order valence-electron chi connectivity index (χ4n) is 3.33. The predicted molar refractivity (Wildman–Crippen MR) is 115 cm³/mol. The van der Waals surface area contributed by atoms with Crippen LogP contribution >= 0.6 is 0 Å². The lowest BCUT2D eigenvalue weighted by atomic mass is 10.1. The molecule has 6 nitrogen and oxygen atoms in total. The van der Waals surface area contributed by atoms with Crippen molar-refractivity contribution >= 4 is 5.91 Å². The molecule has 168 valence electrons. The third-order valence-corrected chi connectivity index (χ3v) is 5.00. The molecule has 0 unspecified atom stereocenters. The number of aromatic nitrogens is 2. The van der Waals surface area contributed by atoms with Gasteiger partial charge in [0.2, 0.25) is 5.43 Å². The topological polar surface area (TPSA) is 67.2 Å². The molecular weight excluding hydrogens is 421 g/mol. The van der Waals surface area contributed by atoms with Crippen molar-refractivity contribution in [3.8, 4) is 5.69 Å². The van der Waals surface area contributed by atoms with E-state index in [9.17, 15) is 22.8 Å². The summed E-state index contributed by atoms with van der Waals surface area (Å²) >= 11 is 0. The third kappa shape index (κ3) is 5.23. The van der Waals surface area contributed by atoms with E-state index in [2.05, 4.69) is 10.4 Å². The van der Waals surface area contributed by atoms with Crippen LogP contribution in [0.15, 0.2) is 65.5 Å². The van der Waals surface area contributed by atoms with Crippen LogP contribution in [0.5, 0.6) is 0 Å². The van der Waals surface area contributed by atoms with Crippen LogP contribution in [0.25, 0.3) is 5.69 Å². The van der Waals surface area contributed by atoms with Crippen molar-refractivity contribution in [3.05, 3.63) is 93.4 Å². The Morgan fingerprint density at radius 2 is 1.78 bits per heavy atom. The molecule has 1 amide bonds. The Balaban J connectivity index is 1.89. The van der Waals surface area contributed by atoms with E-state index in [1.54, 1.807) is 0 Å². The minimum atomic E-state index is -4.53. The molecule has 1 heterocycles. The monoisotopic (exact) mass is 444 g/mol. The van der Waals surface area contributed by atoms with Gasteiger partial charge in [-0.1, -0.05) is 36.4 Å². The highest BCUT2D eigenvalue weighted by molar-refractivity contribution is 5.92. The summed E-state index contributed by atoms with van der Waals surface area (Å²) in [6, 6.07) is 15.1. The Hall–Kier alpha value is -3.46. The second-order valence-electron chi connectivity index (χ2n) is 7.56. The van der Waals surface area contributed by atoms with E-state index in [0.717, 1.165) is 22.4 Å². The Morgan fingerprint density at radius 3 is 2.41 bits per heavy atom. The van der Waals surface area contributed by atoms with Crippen LogP contribution in [0.4, 0.5) is 13.2 Å². The van der Waals surface area contributed by atoms with Gasteiger partial charge in [0.05, 0.1) is 17.3 Å². The molecular formula is C23H23F3N4O2. The number of rotatable bonds is 6. The summed E-state index contributed by atoms with van der Waals surface area (Å²) in [6.07, 6.45) is -4.53. The average Bonchev–Trinajstić information content (AvgIpc) is 2.74. The lowest BCUT2D eigenvalue weighted by molar-refractivity contribution is -0.137. The number of carbonyl (C=O) groups is 1. The summed E-state index contributed by atoms with van der Waals surface area (Å²) in [4.78, 5) is 27.1. The molecule has 0 radical (unpaired) electrons. The first-order valence-corrected chi connectivity index (χ1v) is 9.86. The molecule has 0 spiro atoms. The number of alkyl halides is 3. The number of nitrogens with zero attached hydrogens (tertiary/aromatic N) is 3. The molecule has 0 aliphatic rings. The molecule has 3 aromatic rings. The van der Waals surface area contributed by atoms with E-state index >= 15 is 0 Å². The summed E-state index contributed by atoms with van der Waals surface area (Å²) in [7, 11) is 3.74. The Bertz CT molecular complexity index is 1160. The molecule has 3 rings (SSSR count). The largest absolute Gasteiger partial charge is 0.416 e. The minimum Gasteiger partial charge on any atom is -0.349 e. The number of benzene rings is 2. The molecule has 1 N–H and O–H groups in total. The van der Waals surface area contributed by atoms with Gasteiger partial charge in [-0.2, -0.15) is 18.3 Å². The maximum absolute atomic E-state index is 13.1. The van der Waals surface area contributed by atoms with Crippen molar-refractivity contribution in [2.45, 2.75) is 19.1 Å². The van der Waals surface area contributed by atoms with E-state index in [0.29, 0.717) is 5.69 Å². The van der Waals surface area contributed by atoms with Gasteiger partial charge in [-0.25, -0.2) is 4.68 Å². The zero-order valence-corrected chi connectivity index (χ0v) is 17.8. The second-order valence-corrected chi connectivity index (χ2v) is 7.56. The van der Waals surface area contributed by atoms with Crippen molar-refractivity contribution in [3.63, 3.8) is 0 Å². The molecule has 32 heavy (non-hydrogen) atoms. The van der Waals surface area contributed by atoms with Gasteiger partial charge in [-0.3, -0.25) is 9.59 Å². The number of aryl methyl sites for hydroxylation is 1. The molecule has 2 aromatic carbocycles. The first-order chi connectivity index (χ1) is 15.1. The summed E-state index contributed by atoms with van der Waals surface area (Å²) in [5, 5.41) is 6.79. The lowest BCUT2D eigenvalue weighted by Gasteiger charge is -2.25. The number of halogens is 3. The highest BCUT2D eigenvalue weighted by Crippen LogP contribution is 2.30. The molecule has 0 bridgehead atoms. The fraction of sp³-hybridized carbons (Fsp3) is 0.261. The fourth-order valence-corrected chi connectivity index (χ4v) is 3.33. The van der Waals surface area contributed by atoms with Crippen LogP contribution in [0.2, 0.25) is 0 Å². The SMILES string of the molecule is Cc1cc(=O)c(C(=O)NC[C@H](c2ccccc2)N(C)C)nn1-c1cccc(C(F)(F)F)c1. The summed E-state index contributed by atoms with van der Waals surface area (Å²) < 4.78 is 40.4. The highest BCUT2D eigenvalue weighted by atomic mass is 19.4. The van der Waals surface area contributed by atoms with E-state index < -0.39 is 28.8 Å². The zero-order chi connectivity index (χ0) is 23.5. The summed E-state index contributed by atoms with van der Waals surface area (Å²) in [6.45, 7) is 1.75. The van der Waals surface area contributed by atoms with Gasteiger partial charge in [0, 0.05) is 18.3 Å². The Morgan fingerprint density at radius 1 is 1.09 bits per heavy atom. The maximum atomic E-state index is 13.1. The van der Waals surface area contributed by atoms with Crippen molar-refractivity contribution in [1.29, 1.82) is 0 Å². The molecule has 0 saturated carbocycles. The van der Waals surface area contributed by atoms with Crippen LogP contribution in [0.1, 0.15) is 33.4 Å². The van der Waals surface area contributed by atoms with Gasteiger partial charge in [0.1, 0.15) is 0 Å². The first-order valence-electron chi connectivity index (χ1n) is 9.86. The van der Waals surface area contributed by atoms with Crippen LogP contribution in [-0.4, -0.2) is 41.2 Å². The molecule has 9 heteroatoms. The number of hydrogen-bond donors (Lipinski definition) is 1. The normalized spacial score (nSPS) is 12.6. The minimum absolute atomic E-state index is 0.0989. The summed E-state index contributed by atoms with van der Waals surface area (Å²) in [5.41, 5.74) is -0.459. The molecule has 0 aliphatic carbocycles. The molecule has 0 saturated heterocycles. The van der Waals surface area contributed by atoms with E-state index in [1.807, 2.05) is 49.3 Å².